The van der Waals surface area contributed by atoms with Crippen LogP contribution in [0.4, 0.5) is 0 Å². The molecule has 0 aliphatic carbocycles. The Balaban J connectivity index is 3.06. The molecule has 0 saturated heterocycles. The zero-order chi connectivity index (χ0) is 14.6. The first-order valence-electron chi connectivity index (χ1n) is 6.83. The Labute approximate surface area is 124 Å². The molecule has 3 heteroatoms. The maximum absolute atomic E-state index is 12.2. The van der Waals surface area contributed by atoms with Gasteiger partial charge in [-0.05, 0) is 45.5 Å². The first-order valence-corrected chi connectivity index (χ1v) is 7.63. The van der Waals surface area contributed by atoms with Crippen molar-refractivity contribution in [2.75, 3.05) is 0 Å². The number of hydrogen-bond acceptors (Lipinski definition) is 2. The molecule has 2 nitrogen and oxygen atoms in total. The van der Waals surface area contributed by atoms with Gasteiger partial charge in [0.05, 0.1) is 10.0 Å². The van der Waals surface area contributed by atoms with Gasteiger partial charge in [-0.15, -0.1) is 0 Å². The van der Waals surface area contributed by atoms with Crippen LogP contribution in [0.15, 0.2) is 16.6 Å². The number of halogens is 1. The number of carbonyl (C=O) groups is 1. The van der Waals surface area contributed by atoms with Gasteiger partial charge in [0, 0.05) is 6.42 Å². The van der Waals surface area contributed by atoms with Gasteiger partial charge in [-0.3, -0.25) is 4.79 Å². The summed E-state index contributed by atoms with van der Waals surface area (Å²) in [4.78, 5) is 12.2. The Morgan fingerprint density at radius 1 is 1.26 bits per heavy atom. The molecule has 0 aliphatic heterocycles. The SMILES string of the molecule is CCCCCC(=O)c1cc(C(C)(C)C)cc(Br)c1O. The van der Waals surface area contributed by atoms with E-state index in [1.54, 1.807) is 0 Å². The van der Waals surface area contributed by atoms with Crippen LogP contribution in [0.5, 0.6) is 5.75 Å². The van der Waals surface area contributed by atoms with Crippen molar-refractivity contribution >= 4 is 21.7 Å². The summed E-state index contributed by atoms with van der Waals surface area (Å²) in [5.41, 5.74) is 1.45. The molecule has 0 unspecified atom stereocenters. The van der Waals surface area contributed by atoms with Gasteiger partial charge in [-0.25, -0.2) is 0 Å². The zero-order valence-electron chi connectivity index (χ0n) is 12.2. The largest absolute Gasteiger partial charge is 0.506 e. The minimum Gasteiger partial charge on any atom is -0.506 e. The molecule has 0 amide bonds. The van der Waals surface area contributed by atoms with Crippen molar-refractivity contribution in [3.8, 4) is 5.75 Å². The van der Waals surface area contributed by atoms with E-state index in [2.05, 4.69) is 43.6 Å². The summed E-state index contributed by atoms with van der Waals surface area (Å²) in [7, 11) is 0. The lowest BCUT2D eigenvalue weighted by Gasteiger charge is -2.21. The fourth-order valence-corrected chi connectivity index (χ4v) is 2.38. The summed E-state index contributed by atoms with van der Waals surface area (Å²) in [6.45, 7) is 8.39. The molecule has 0 fully saturated rings. The average molecular weight is 327 g/mol. The Hall–Kier alpha value is -0.830. The molecule has 0 heterocycles. The predicted molar refractivity (Wildman–Crippen MR) is 83.0 cm³/mol. The fraction of sp³-hybridized carbons (Fsp3) is 0.562. The van der Waals surface area contributed by atoms with Gasteiger partial charge in [0.15, 0.2) is 5.78 Å². The number of benzene rings is 1. The zero-order valence-corrected chi connectivity index (χ0v) is 13.8. The van der Waals surface area contributed by atoms with Crippen LogP contribution in [0.3, 0.4) is 0 Å². The van der Waals surface area contributed by atoms with Gasteiger partial charge in [-0.1, -0.05) is 40.5 Å². The molecule has 106 valence electrons. The monoisotopic (exact) mass is 326 g/mol. The molecule has 1 N–H and O–H groups in total. The second-order valence-electron chi connectivity index (χ2n) is 5.98. The van der Waals surface area contributed by atoms with Crippen LogP contribution < -0.4 is 0 Å². The number of carbonyl (C=O) groups excluding carboxylic acids is 1. The van der Waals surface area contributed by atoms with E-state index in [1.807, 2.05) is 12.1 Å². The first-order chi connectivity index (χ1) is 8.77. The highest BCUT2D eigenvalue weighted by molar-refractivity contribution is 9.10. The van der Waals surface area contributed by atoms with Gasteiger partial charge in [0.1, 0.15) is 5.75 Å². The van der Waals surface area contributed by atoms with Crippen molar-refractivity contribution in [2.45, 2.75) is 58.8 Å². The summed E-state index contributed by atoms with van der Waals surface area (Å²) in [6.07, 6.45) is 3.52. The molecular weight excluding hydrogens is 304 g/mol. The Bertz CT molecular complexity index is 459. The molecule has 1 rings (SSSR count). The van der Waals surface area contributed by atoms with Crippen LogP contribution in [0, 0.1) is 0 Å². The van der Waals surface area contributed by atoms with Crippen molar-refractivity contribution < 1.29 is 9.90 Å². The number of ketones is 1. The third-order valence-electron chi connectivity index (χ3n) is 3.24. The minimum atomic E-state index is -0.0470. The number of phenols is 1. The van der Waals surface area contributed by atoms with E-state index in [9.17, 15) is 9.90 Å². The number of rotatable bonds is 5. The molecule has 0 bridgehead atoms. The molecule has 0 aromatic heterocycles. The summed E-state index contributed by atoms with van der Waals surface area (Å²) < 4.78 is 0.596. The lowest BCUT2D eigenvalue weighted by atomic mass is 9.85. The van der Waals surface area contributed by atoms with E-state index >= 15 is 0 Å². The summed E-state index contributed by atoms with van der Waals surface area (Å²) >= 11 is 3.34. The van der Waals surface area contributed by atoms with Gasteiger partial charge < -0.3 is 5.11 Å². The molecular formula is C16H23BrO2. The van der Waals surface area contributed by atoms with Crippen LogP contribution in [0.2, 0.25) is 0 Å². The number of aromatic hydroxyl groups is 1. The smallest absolute Gasteiger partial charge is 0.166 e. The average Bonchev–Trinajstić information content (AvgIpc) is 2.31. The van der Waals surface area contributed by atoms with E-state index < -0.39 is 0 Å². The number of unbranched alkanes of at least 4 members (excludes halogenated alkanes) is 2. The minimum absolute atomic E-state index is 0.0257. The molecule has 0 radical (unpaired) electrons. The van der Waals surface area contributed by atoms with Crippen molar-refractivity contribution in [3.05, 3.63) is 27.7 Å². The standard InChI is InChI=1S/C16H23BrO2/c1-5-6-7-8-14(18)12-9-11(16(2,3)4)10-13(17)15(12)19/h9-10,19H,5-8H2,1-4H3. The second kappa shape index (κ2) is 6.56. The van der Waals surface area contributed by atoms with Gasteiger partial charge in [0.2, 0.25) is 0 Å². The number of phenolic OH excluding ortho intramolecular Hbond substituents is 1. The molecule has 1 aromatic rings. The molecule has 19 heavy (non-hydrogen) atoms. The lowest BCUT2D eigenvalue weighted by molar-refractivity contribution is 0.0976. The highest BCUT2D eigenvalue weighted by atomic mass is 79.9. The fourth-order valence-electron chi connectivity index (χ4n) is 1.91. The topological polar surface area (TPSA) is 37.3 Å². The highest BCUT2D eigenvalue weighted by Crippen LogP contribution is 2.35. The molecule has 1 aromatic carbocycles. The number of hydrogen-bond donors (Lipinski definition) is 1. The molecule has 0 saturated carbocycles. The Morgan fingerprint density at radius 3 is 2.42 bits per heavy atom. The predicted octanol–water partition coefficient (Wildman–Crippen LogP) is 5.22. The van der Waals surface area contributed by atoms with E-state index in [0.29, 0.717) is 16.5 Å². The third-order valence-corrected chi connectivity index (χ3v) is 3.84. The normalized spacial score (nSPS) is 11.6. The maximum Gasteiger partial charge on any atom is 0.166 e. The number of Topliss-reactive ketones (excluding diaryl/α,β-unsaturated/α-hetero) is 1. The Kier molecular flexibility index (Phi) is 5.60. The van der Waals surface area contributed by atoms with Crippen molar-refractivity contribution in [2.24, 2.45) is 0 Å². The van der Waals surface area contributed by atoms with Crippen LogP contribution in [-0.4, -0.2) is 10.9 Å². The molecule has 0 atom stereocenters. The summed E-state index contributed by atoms with van der Waals surface area (Å²) in [5.74, 6) is 0.0900. The van der Waals surface area contributed by atoms with Gasteiger partial charge >= 0.3 is 0 Å². The van der Waals surface area contributed by atoms with Crippen molar-refractivity contribution in [1.82, 2.24) is 0 Å². The van der Waals surface area contributed by atoms with E-state index in [1.165, 1.54) is 0 Å². The molecule has 0 aliphatic rings. The van der Waals surface area contributed by atoms with Crippen LogP contribution in [-0.2, 0) is 5.41 Å². The molecule has 0 spiro atoms. The summed E-state index contributed by atoms with van der Waals surface area (Å²) in [5, 5.41) is 10.0. The Morgan fingerprint density at radius 2 is 1.89 bits per heavy atom. The van der Waals surface area contributed by atoms with E-state index in [4.69, 9.17) is 0 Å². The lowest BCUT2D eigenvalue weighted by Crippen LogP contribution is -2.13. The first kappa shape index (κ1) is 16.2. The van der Waals surface area contributed by atoms with E-state index in [-0.39, 0.29) is 16.9 Å². The van der Waals surface area contributed by atoms with Crippen molar-refractivity contribution in [1.29, 1.82) is 0 Å². The summed E-state index contributed by atoms with van der Waals surface area (Å²) in [6, 6.07) is 3.71. The second-order valence-corrected chi connectivity index (χ2v) is 6.84. The highest BCUT2D eigenvalue weighted by Gasteiger charge is 2.20. The van der Waals surface area contributed by atoms with Gasteiger partial charge in [-0.2, -0.15) is 0 Å². The maximum atomic E-state index is 12.2. The van der Waals surface area contributed by atoms with Crippen molar-refractivity contribution in [3.63, 3.8) is 0 Å². The van der Waals surface area contributed by atoms with Gasteiger partial charge in [0.25, 0.3) is 0 Å². The van der Waals surface area contributed by atoms with Crippen LogP contribution >= 0.6 is 15.9 Å². The quantitative estimate of drug-likeness (QED) is 0.595. The van der Waals surface area contributed by atoms with E-state index in [0.717, 1.165) is 24.8 Å². The van der Waals surface area contributed by atoms with Crippen LogP contribution in [0.25, 0.3) is 0 Å². The van der Waals surface area contributed by atoms with Crippen LogP contribution in [0.1, 0.15) is 69.3 Å². The third kappa shape index (κ3) is 4.34.